The summed E-state index contributed by atoms with van der Waals surface area (Å²) in [5.74, 6) is -0.778. The van der Waals surface area contributed by atoms with Crippen molar-refractivity contribution in [2.24, 2.45) is 0 Å². The van der Waals surface area contributed by atoms with Gasteiger partial charge in [0, 0.05) is 16.9 Å². The molecule has 2 aromatic carbocycles. The Hall–Kier alpha value is -3.67. The molecule has 2 amide bonds. The second kappa shape index (κ2) is 7.39. The summed E-state index contributed by atoms with van der Waals surface area (Å²) in [6, 6.07) is 18.0. The van der Waals surface area contributed by atoms with Gasteiger partial charge in [0.25, 0.3) is 11.5 Å². The summed E-state index contributed by atoms with van der Waals surface area (Å²) in [5, 5.41) is 2.87. The number of carbonyl (C=O) groups excluding carboxylic acids is 2. The van der Waals surface area contributed by atoms with E-state index in [0.29, 0.717) is 11.4 Å². The maximum absolute atomic E-state index is 13.5. The van der Waals surface area contributed by atoms with Gasteiger partial charge in [-0.2, -0.15) is 0 Å². The number of aromatic amines is 1. The lowest BCUT2D eigenvalue weighted by atomic mass is 9.95. The Kier molecular flexibility index (Phi) is 4.76. The Bertz CT molecular complexity index is 1150. The molecule has 0 fully saturated rings. The second-order valence-electron chi connectivity index (χ2n) is 7.20. The number of para-hydroxylation sites is 1. The van der Waals surface area contributed by atoms with Crippen molar-refractivity contribution >= 4 is 17.5 Å². The standard InChI is InChI=1S/C23H21N3O3/c1-14-12-18(22(28)24-15(14)2)23(29)26-13-20(27)25-19-11-7-6-10-17(19)21(26)16-8-4-3-5-9-16/h3-12,21H,13H2,1-2H3,(H,24,28)(H,25,27)/t21-/m1/s1. The number of rotatable bonds is 2. The van der Waals surface area contributed by atoms with Crippen LogP contribution in [0.3, 0.4) is 0 Å². The lowest BCUT2D eigenvalue weighted by molar-refractivity contribution is -0.117. The molecule has 2 N–H and O–H groups in total. The predicted molar refractivity (Wildman–Crippen MR) is 111 cm³/mol. The zero-order chi connectivity index (χ0) is 20.5. The number of nitrogens with one attached hydrogen (secondary N) is 2. The molecule has 0 radical (unpaired) electrons. The van der Waals surface area contributed by atoms with Crippen LogP contribution in [0, 0.1) is 13.8 Å². The third-order valence-electron chi connectivity index (χ3n) is 5.26. The minimum atomic E-state index is -0.500. The summed E-state index contributed by atoms with van der Waals surface area (Å²) in [4.78, 5) is 42.8. The molecule has 0 saturated heterocycles. The van der Waals surface area contributed by atoms with Crippen LogP contribution in [0.15, 0.2) is 65.5 Å². The number of carbonyl (C=O) groups is 2. The van der Waals surface area contributed by atoms with Crippen molar-refractivity contribution in [3.05, 3.63) is 99.0 Å². The Balaban J connectivity index is 1.90. The van der Waals surface area contributed by atoms with Crippen LogP contribution in [-0.4, -0.2) is 28.2 Å². The number of H-pyrrole nitrogens is 1. The molecule has 0 bridgehead atoms. The first-order valence-electron chi connectivity index (χ1n) is 9.41. The van der Waals surface area contributed by atoms with Gasteiger partial charge in [0.2, 0.25) is 5.91 Å². The fraction of sp³-hybridized carbons (Fsp3) is 0.174. The van der Waals surface area contributed by atoms with Gasteiger partial charge in [-0.25, -0.2) is 0 Å². The molecule has 0 aliphatic carbocycles. The average Bonchev–Trinajstić information content (AvgIpc) is 2.86. The van der Waals surface area contributed by atoms with Gasteiger partial charge in [0.1, 0.15) is 12.1 Å². The average molecular weight is 387 g/mol. The summed E-state index contributed by atoms with van der Waals surface area (Å²) in [5.41, 5.74) is 3.43. The fourth-order valence-electron chi connectivity index (χ4n) is 3.68. The van der Waals surface area contributed by atoms with Crippen molar-refractivity contribution in [3.63, 3.8) is 0 Å². The van der Waals surface area contributed by atoms with Crippen LogP contribution < -0.4 is 10.9 Å². The second-order valence-corrected chi connectivity index (χ2v) is 7.20. The third kappa shape index (κ3) is 3.45. The van der Waals surface area contributed by atoms with E-state index < -0.39 is 17.5 Å². The van der Waals surface area contributed by atoms with Crippen LogP contribution in [0.2, 0.25) is 0 Å². The van der Waals surface area contributed by atoms with E-state index in [0.717, 1.165) is 16.7 Å². The van der Waals surface area contributed by atoms with Crippen molar-refractivity contribution in [2.45, 2.75) is 19.9 Å². The van der Waals surface area contributed by atoms with E-state index in [2.05, 4.69) is 10.3 Å². The van der Waals surface area contributed by atoms with E-state index in [-0.39, 0.29) is 18.0 Å². The maximum Gasteiger partial charge on any atom is 0.261 e. The molecule has 1 atom stereocenters. The molecular weight excluding hydrogens is 366 g/mol. The van der Waals surface area contributed by atoms with Crippen molar-refractivity contribution in [2.75, 3.05) is 11.9 Å². The molecule has 146 valence electrons. The van der Waals surface area contributed by atoms with Gasteiger partial charge in [0.05, 0.1) is 6.04 Å². The smallest absolute Gasteiger partial charge is 0.261 e. The van der Waals surface area contributed by atoms with E-state index in [9.17, 15) is 14.4 Å². The lowest BCUT2D eigenvalue weighted by Crippen LogP contribution is -2.41. The first-order valence-corrected chi connectivity index (χ1v) is 9.41. The minimum Gasteiger partial charge on any atom is -0.326 e. The van der Waals surface area contributed by atoms with Crippen LogP contribution in [0.25, 0.3) is 0 Å². The van der Waals surface area contributed by atoms with Crippen LogP contribution in [-0.2, 0) is 4.79 Å². The summed E-state index contributed by atoms with van der Waals surface area (Å²) in [6.07, 6.45) is 0. The van der Waals surface area contributed by atoms with E-state index in [1.807, 2.05) is 61.5 Å². The molecule has 0 spiro atoms. The zero-order valence-corrected chi connectivity index (χ0v) is 16.2. The first kappa shape index (κ1) is 18.7. The number of aromatic nitrogens is 1. The number of hydrogen-bond acceptors (Lipinski definition) is 3. The number of anilines is 1. The van der Waals surface area contributed by atoms with Gasteiger partial charge in [-0.15, -0.1) is 0 Å². The van der Waals surface area contributed by atoms with Crippen molar-refractivity contribution < 1.29 is 9.59 Å². The molecule has 1 aliphatic rings. The topological polar surface area (TPSA) is 82.3 Å². The Morgan fingerprint density at radius 2 is 1.69 bits per heavy atom. The highest BCUT2D eigenvalue weighted by atomic mass is 16.2. The highest BCUT2D eigenvalue weighted by Gasteiger charge is 2.34. The quantitative estimate of drug-likeness (QED) is 0.709. The molecule has 0 saturated carbocycles. The van der Waals surface area contributed by atoms with Gasteiger partial charge in [-0.3, -0.25) is 14.4 Å². The molecule has 0 unspecified atom stereocenters. The minimum absolute atomic E-state index is 0.0289. The SMILES string of the molecule is Cc1cc(C(=O)N2CC(=O)Nc3ccccc3[C@H]2c2ccccc2)c(=O)[nH]c1C. The molecule has 29 heavy (non-hydrogen) atoms. The fourth-order valence-corrected chi connectivity index (χ4v) is 3.68. The monoisotopic (exact) mass is 387 g/mol. The molecule has 6 nitrogen and oxygen atoms in total. The van der Waals surface area contributed by atoms with Crippen LogP contribution >= 0.6 is 0 Å². The molecule has 3 aromatic rings. The summed E-state index contributed by atoms with van der Waals surface area (Å²) < 4.78 is 0. The van der Waals surface area contributed by atoms with Gasteiger partial charge in [-0.05, 0) is 37.1 Å². The molecule has 1 aromatic heterocycles. The summed E-state index contributed by atoms with van der Waals surface area (Å²) in [6.45, 7) is 3.47. The maximum atomic E-state index is 13.5. The number of fused-ring (bicyclic) bond motifs is 1. The van der Waals surface area contributed by atoms with Crippen LogP contribution in [0.1, 0.15) is 38.8 Å². The molecular formula is C23H21N3O3. The number of pyridine rings is 1. The number of nitrogens with zero attached hydrogens (tertiary/aromatic N) is 1. The van der Waals surface area contributed by atoms with E-state index in [1.54, 1.807) is 13.0 Å². The number of benzene rings is 2. The lowest BCUT2D eigenvalue weighted by Gasteiger charge is -2.30. The molecule has 2 heterocycles. The predicted octanol–water partition coefficient (Wildman–Crippen LogP) is 3.18. The van der Waals surface area contributed by atoms with Crippen LogP contribution in [0.5, 0.6) is 0 Å². The molecule has 4 rings (SSSR count). The first-order chi connectivity index (χ1) is 14.0. The van der Waals surface area contributed by atoms with Crippen molar-refractivity contribution in [1.29, 1.82) is 0 Å². The zero-order valence-electron chi connectivity index (χ0n) is 16.2. The summed E-state index contributed by atoms with van der Waals surface area (Å²) >= 11 is 0. The highest BCUT2D eigenvalue weighted by molar-refractivity contribution is 6.01. The van der Waals surface area contributed by atoms with E-state index >= 15 is 0 Å². The van der Waals surface area contributed by atoms with Crippen molar-refractivity contribution in [1.82, 2.24) is 9.88 Å². The van der Waals surface area contributed by atoms with E-state index in [1.165, 1.54) is 4.90 Å². The van der Waals surface area contributed by atoms with Gasteiger partial charge >= 0.3 is 0 Å². The van der Waals surface area contributed by atoms with Crippen LogP contribution in [0.4, 0.5) is 5.69 Å². The Morgan fingerprint density at radius 3 is 2.45 bits per heavy atom. The Labute approximate surface area is 168 Å². The van der Waals surface area contributed by atoms with Crippen molar-refractivity contribution in [3.8, 4) is 0 Å². The third-order valence-corrected chi connectivity index (χ3v) is 5.26. The number of amides is 2. The summed E-state index contributed by atoms with van der Waals surface area (Å²) in [7, 11) is 0. The normalized spacial score (nSPS) is 16.0. The van der Waals surface area contributed by atoms with E-state index in [4.69, 9.17) is 0 Å². The number of aryl methyl sites for hydroxylation is 2. The van der Waals surface area contributed by atoms with Gasteiger partial charge in [0.15, 0.2) is 0 Å². The van der Waals surface area contributed by atoms with Gasteiger partial charge < -0.3 is 15.2 Å². The van der Waals surface area contributed by atoms with Gasteiger partial charge in [-0.1, -0.05) is 48.5 Å². The highest BCUT2D eigenvalue weighted by Crippen LogP contribution is 2.36. The molecule has 1 aliphatic heterocycles. The molecule has 6 heteroatoms. The number of hydrogen-bond donors (Lipinski definition) is 2. The Morgan fingerprint density at radius 1 is 1.00 bits per heavy atom. The largest absolute Gasteiger partial charge is 0.326 e.